The lowest BCUT2D eigenvalue weighted by molar-refractivity contribution is -0.123. The zero-order valence-electron chi connectivity index (χ0n) is 15.0. The van der Waals surface area contributed by atoms with Crippen LogP contribution in [0.15, 0.2) is 65.3 Å². The normalized spacial score (nSPS) is 13.0. The van der Waals surface area contributed by atoms with Crippen molar-refractivity contribution in [2.75, 3.05) is 12.1 Å². The quantitative estimate of drug-likeness (QED) is 0.678. The minimum atomic E-state index is -1.02. The molecule has 7 heteroatoms. The molecule has 1 aliphatic heterocycles. The molecule has 28 heavy (non-hydrogen) atoms. The van der Waals surface area contributed by atoms with Crippen molar-refractivity contribution in [3.8, 4) is 22.6 Å². The summed E-state index contributed by atoms with van der Waals surface area (Å²) in [5, 5.41) is 2.69. The summed E-state index contributed by atoms with van der Waals surface area (Å²) in [4.78, 5) is 24.9. The lowest BCUT2D eigenvalue weighted by atomic mass is 10.1. The van der Waals surface area contributed by atoms with Crippen LogP contribution in [0.5, 0.6) is 11.5 Å². The minimum absolute atomic E-state index is 0.0499. The van der Waals surface area contributed by atoms with Gasteiger partial charge in [-0.15, -0.1) is 0 Å². The van der Waals surface area contributed by atoms with Gasteiger partial charge in [-0.05, 0) is 30.7 Å². The maximum absolute atomic E-state index is 12.5. The highest BCUT2D eigenvalue weighted by molar-refractivity contribution is 5.99. The number of nitrogens with one attached hydrogen (secondary N) is 1. The van der Waals surface area contributed by atoms with Crippen LogP contribution in [0.3, 0.4) is 0 Å². The lowest BCUT2D eigenvalue weighted by Crippen LogP contribution is -2.30. The highest BCUT2D eigenvalue weighted by Gasteiger charge is 2.24. The third kappa shape index (κ3) is 3.55. The van der Waals surface area contributed by atoms with E-state index in [1.807, 2.05) is 30.3 Å². The monoisotopic (exact) mass is 379 g/mol. The Morgan fingerprint density at radius 2 is 1.82 bits per heavy atom. The molecule has 0 saturated heterocycles. The first-order valence-corrected chi connectivity index (χ1v) is 8.66. The number of furan rings is 1. The number of anilines is 1. The molecular weight excluding hydrogens is 362 g/mol. The Hall–Kier alpha value is -3.74. The summed E-state index contributed by atoms with van der Waals surface area (Å²) in [5.74, 6) is 0.0282. The van der Waals surface area contributed by atoms with E-state index in [0.717, 1.165) is 5.56 Å². The summed E-state index contributed by atoms with van der Waals surface area (Å²) < 4.78 is 21.1. The number of hydrogen-bond acceptors (Lipinski definition) is 6. The van der Waals surface area contributed by atoms with E-state index >= 15 is 0 Å². The van der Waals surface area contributed by atoms with E-state index in [0.29, 0.717) is 22.7 Å². The third-order valence-corrected chi connectivity index (χ3v) is 4.23. The van der Waals surface area contributed by atoms with Crippen LogP contribution in [0, 0.1) is 0 Å². The Morgan fingerprint density at radius 1 is 1.04 bits per heavy atom. The molecule has 2 heterocycles. The van der Waals surface area contributed by atoms with E-state index in [-0.39, 0.29) is 12.6 Å². The molecule has 0 saturated carbocycles. The average molecular weight is 379 g/mol. The summed E-state index contributed by atoms with van der Waals surface area (Å²) in [7, 11) is 0. The Morgan fingerprint density at radius 3 is 2.64 bits per heavy atom. The second-order valence-electron chi connectivity index (χ2n) is 6.13. The number of esters is 1. The Balaban J connectivity index is 1.42. The molecule has 0 aliphatic carbocycles. The fourth-order valence-corrected chi connectivity index (χ4v) is 2.80. The van der Waals surface area contributed by atoms with Gasteiger partial charge in [-0.25, -0.2) is 4.79 Å². The van der Waals surface area contributed by atoms with Crippen LogP contribution in [0.4, 0.5) is 5.69 Å². The topological polar surface area (TPSA) is 87.0 Å². The van der Waals surface area contributed by atoms with Crippen LogP contribution in [-0.2, 0) is 9.53 Å². The molecule has 0 radical (unpaired) electrons. The molecule has 1 N–H and O–H groups in total. The Bertz CT molecular complexity index is 1010. The van der Waals surface area contributed by atoms with E-state index in [4.69, 9.17) is 18.6 Å². The molecule has 1 aromatic heterocycles. The minimum Gasteiger partial charge on any atom is -0.457 e. The van der Waals surface area contributed by atoms with Crippen LogP contribution in [0.25, 0.3) is 11.1 Å². The molecule has 1 amide bonds. The zero-order chi connectivity index (χ0) is 19.5. The van der Waals surface area contributed by atoms with E-state index in [1.54, 1.807) is 24.3 Å². The van der Waals surface area contributed by atoms with Crippen LogP contribution in [0.2, 0.25) is 0 Å². The van der Waals surface area contributed by atoms with Gasteiger partial charge in [0.1, 0.15) is 0 Å². The standard InChI is InChI=1S/C21H17NO6/c1-13(20(23)22-15-7-8-17-18(11-15)27-12-26-17)28-21(24)19-16(9-10-25-19)14-5-3-2-4-6-14/h2-11,13H,12H2,1H3,(H,22,23). The first kappa shape index (κ1) is 17.7. The molecule has 0 fully saturated rings. The van der Waals surface area contributed by atoms with Crippen LogP contribution in [-0.4, -0.2) is 24.8 Å². The van der Waals surface area contributed by atoms with Crippen molar-refractivity contribution in [3.63, 3.8) is 0 Å². The second kappa shape index (κ2) is 7.48. The molecule has 1 unspecified atom stereocenters. The molecule has 142 valence electrons. The number of amides is 1. The molecule has 7 nitrogen and oxygen atoms in total. The van der Waals surface area contributed by atoms with Crippen molar-refractivity contribution in [2.24, 2.45) is 0 Å². The van der Waals surface area contributed by atoms with Crippen molar-refractivity contribution in [1.29, 1.82) is 0 Å². The van der Waals surface area contributed by atoms with Gasteiger partial charge in [0.05, 0.1) is 6.26 Å². The van der Waals surface area contributed by atoms with Gasteiger partial charge in [-0.2, -0.15) is 0 Å². The first-order chi connectivity index (χ1) is 13.6. The zero-order valence-corrected chi connectivity index (χ0v) is 15.0. The summed E-state index contributed by atoms with van der Waals surface area (Å²) >= 11 is 0. The van der Waals surface area contributed by atoms with Crippen molar-refractivity contribution in [2.45, 2.75) is 13.0 Å². The largest absolute Gasteiger partial charge is 0.457 e. The van der Waals surface area contributed by atoms with Crippen molar-refractivity contribution in [3.05, 3.63) is 66.6 Å². The fourth-order valence-electron chi connectivity index (χ4n) is 2.80. The van der Waals surface area contributed by atoms with Crippen molar-refractivity contribution >= 4 is 17.6 Å². The average Bonchev–Trinajstić information content (AvgIpc) is 3.37. The summed E-state index contributed by atoms with van der Waals surface area (Å²) in [6.07, 6.45) is 0.391. The maximum atomic E-state index is 12.5. The van der Waals surface area contributed by atoms with Gasteiger partial charge >= 0.3 is 5.97 Å². The van der Waals surface area contributed by atoms with E-state index in [2.05, 4.69) is 5.32 Å². The van der Waals surface area contributed by atoms with Crippen molar-refractivity contribution < 1.29 is 28.2 Å². The molecule has 3 aromatic rings. The van der Waals surface area contributed by atoms with Gasteiger partial charge in [0.25, 0.3) is 5.91 Å². The molecular formula is C21H17NO6. The van der Waals surface area contributed by atoms with Gasteiger partial charge in [0.2, 0.25) is 12.6 Å². The number of benzene rings is 2. The molecule has 1 aliphatic rings. The van der Waals surface area contributed by atoms with E-state index in [9.17, 15) is 9.59 Å². The smallest absolute Gasteiger partial charge is 0.375 e. The lowest BCUT2D eigenvalue weighted by Gasteiger charge is -2.13. The van der Waals surface area contributed by atoms with Crippen molar-refractivity contribution in [1.82, 2.24) is 0 Å². The predicted octanol–water partition coefficient (Wildman–Crippen LogP) is 3.86. The number of ether oxygens (including phenoxy) is 3. The highest BCUT2D eigenvalue weighted by Crippen LogP contribution is 2.34. The van der Waals surface area contributed by atoms with Crippen LogP contribution < -0.4 is 14.8 Å². The van der Waals surface area contributed by atoms with Gasteiger partial charge in [-0.1, -0.05) is 30.3 Å². The number of hydrogen-bond donors (Lipinski definition) is 1. The molecule has 2 aromatic carbocycles. The van der Waals surface area contributed by atoms with Gasteiger partial charge in [-0.3, -0.25) is 4.79 Å². The second-order valence-corrected chi connectivity index (χ2v) is 6.13. The van der Waals surface area contributed by atoms with Gasteiger partial charge in [0, 0.05) is 17.3 Å². The SMILES string of the molecule is CC(OC(=O)c1occc1-c1ccccc1)C(=O)Nc1ccc2c(c1)OCO2. The molecule has 0 bridgehead atoms. The third-order valence-electron chi connectivity index (χ3n) is 4.23. The number of rotatable bonds is 5. The fraction of sp³-hybridized carbons (Fsp3) is 0.143. The predicted molar refractivity (Wildman–Crippen MR) is 100 cm³/mol. The van der Waals surface area contributed by atoms with Gasteiger partial charge in [0.15, 0.2) is 17.6 Å². The van der Waals surface area contributed by atoms with E-state index < -0.39 is 18.0 Å². The van der Waals surface area contributed by atoms with Crippen LogP contribution in [0.1, 0.15) is 17.5 Å². The first-order valence-electron chi connectivity index (χ1n) is 8.66. The van der Waals surface area contributed by atoms with Gasteiger partial charge < -0.3 is 23.9 Å². The summed E-state index contributed by atoms with van der Waals surface area (Å²) in [6.45, 7) is 1.64. The Labute approximate surface area is 160 Å². The maximum Gasteiger partial charge on any atom is 0.375 e. The number of fused-ring (bicyclic) bond motifs is 1. The highest BCUT2D eigenvalue weighted by atomic mass is 16.7. The molecule has 4 rings (SSSR count). The number of carbonyl (C=O) groups excluding carboxylic acids is 2. The molecule has 1 atom stereocenters. The van der Waals surface area contributed by atoms with E-state index in [1.165, 1.54) is 13.2 Å². The van der Waals surface area contributed by atoms with Crippen LogP contribution >= 0.6 is 0 Å². The Kier molecular flexibility index (Phi) is 4.72. The number of carbonyl (C=O) groups is 2. The summed E-state index contributed by atoms with van der Waals surface area (Å²) in [6, 6.07) is 16.0. The summed E-state index contributed by atoms with van der Waals surface area (Å²) in [5.41, 5.74) is 1.94. The molecule has 0 spiro atoms.